The van der Waals surface area contributed by atoms with E-state index in [9.17, 15) is 5.11 Å². The van der Waals surface area contributed by atoms with Gasteiger partial charge in [0.25, 0.3) is 0 Å². The Hall–Kier alpha value is -1.64. The summed E-state index contributed by atoms with van der Waals surface area (Å²) in [6.07, 6.45) is -1.46. The second kappa shape index (κ2) is 6.23. The molecule has 1 fully saturated rings. The summed E-state index contributed by atoms with van der Waals surface area (Å²) >= 11 is 0. The molecule has 3 rings (SSSR count). The zero-order valence-corrected chi connectivity index (χ0v) is 13.5. The van der Waals surface area contributed by atoms with Gasteiger partial charge in [0.1, 0.15) is 0 Å². The van der Waals surface area contributed by atoms with Crippen molar-refractivity contribution in [2.75, 3.05) is 7.05 Å². The lowest BCUT2D eigenvalue weighted by Gasteiger charge is -2.50. The number of benzene rings is 2. The van der Waals surface area contributed by atoms with Crippen LogP contribution in [0.2, 0.25) is 0 Å². The van der Waals surface area contributed by atoms with Gasteiger partial charge in [-0.25, -0.2) is 0 Å². The molecule has 1 heterocycles. The van der Waals surface area contributed by atoms with Crippen LogP contribution in [0.25, 0.3) is 0 Å². The molecule has 0 radical (unpaired) electrons. The lowest BCUT2D eigenvalue weighted by Crippen LogP contribution is -2.49. The average Bonchev–Trinajstić information content (AvgIpc) is 2.56. The minimum Gasteiger partial charge on any atom is -0.392 e. The third kappa shape index (κ3) is 2.57. The third-order valence-corrected chi connectivity index (χ3v) is 5.04. The summed E-state index contributed by atoms with van der Waals surface area (Å²) in [6, 6.07) is 20.5. The minimum absolute atomic E-state index is 0.0140. The first-order valence-electron chi connectivity index (χ1n) is 8.48. The Bertz CT molecular complexity index is 588. The van der Waals surface area contributed by atoms with Crippen LogP contribution in [0.5, 0.6) is 0 Å². The fourth-order valence-electron chi connectivity index (χ4n) is 3.96. The van der Waals surface area contributed by atoms with Crippen LogP contribution < -0.4 is 0 Å². The number of piperidine rings is 1. The topological polar surface area (TPSA) is 23.5 Å². The van der Waals surface area contributed by atoms with Gasteiger partial charge in [0.05, 0.1) is 7.45 Å². The van der Waals surface area contributed by atoms with Gasteiger partial charge in [0.15, 0.2) is 0 Å². The van der Waals surface area contributed by atoms with Crippen LogP contribution in [0.3, 0.4) is 0 Å². The second-order valence-corrected chi connectivity index (χ2v) is 6.38. The smallest absolute Gasteiger partial charge is 0.0627 e. The maximum absolute atomic E-state index is 10.9. The summed E-state index contributed by atoms with van der Waals surface area (Å²) in [5, 5.41) is 10.9. The number of likely N-dealkylation sites (tertiary alicyclic amines) is 1. The standard InChI is InChI=1S/C20H25NO/c1-14-18(16-10-6-4-7-11-16)21(3)19(15(2)20(14)22)17-12-8-5-9-13-17/h4-15,18-20,22H,1-3H3/t14-,15+,18+,19-,20?/i20D. The second-order valence-electron chi connectivity index (χ2n) is 6.38. The van der Waals surface area contributed by atoms with Gasteiger partial charge in [-0.05, 0) is 18.2 Å². The molecule has 0 spiro atoms. The molecule has 0 amide bonds. The monoisotopic (exact) mass is 296 g/mol. The van der Waals surface area contributed by atoms with Crippen molar-refractivity contribution in [2.24, 2.45) is 11.8 Å². The Morgan fingerprint density at radius 3 is 1.55 bits per heavy atom. The summed E-state index contributed by atoms with van der Waals surface area (Å²) in [6.45, 7) is 3.97. The molecule has 1 N–H and O–H groups in total. The van der Waals surface area contributed by atoms with Gasteiger partial charge in [-0.3, -0.25) is 4.90 Å². The van der Waals surface area contributed by atoms with Gasteiger partial charge >= 0.3 is 0 Å². The van der Waals surface area contributed by atoms with Crippen molar-refractivity contribution in [3.05, 3.63) is 71.8 Å². The quantitative estimate of drug-likeness (QED) is 0.904. The summed E-state index contributed by atoms with van der Waals surface area (Å²) < 4.78 is 8.62. The third-order valence-electron chi connectivity index (χ3n) is 5.04. The van der Waals surface area contributed by atoms with Crippen molar-refractivity contribution in [3.63, 3.8) is 0 Å². The fraction of sp³-hybridized carbons (Fsp3) is 0.400. The Kier molecular flexibility index (Phi) is 3.96. The van der Waals surface area contributed by atoms with E-state index in [1.165, 1.54) is 0 Å². The van der Waals surface area contributed by atoms with E-state index in [4.69, 9.17) is 1.37 Å². The maximum Gasteiger partial charge on any atom is 0.0627 e. The van der Waals surface area contributed by atoms with Gasteiger partial charge in [-0.2, -0.15) is 0 Å². The Morgan fingerprint density at radius 2 is 1.18 bits per heavy atom. The zero-order chi connectivity index (χ0) is 16.6. The summed E-state index contributed by atoms with van der Waals surface area (Å²) in [4.78, 5) is 2.32. The van der Waals surface area contributed by atoms with Gasteiger partial charge < -0.3 is 5.11 Å². The fourth-order valence-corrected chi connectivity index (χ4v) is 3.96. The van der Waals surface area contributed by atoms with Crippen LogP contribution >= 0.6 is 0 Å². The number of aliphatic hydroxyl groups is 1. The molecule has 22 heavy (non-hydrogen) atoms. The Morgan fingerprint density at radius 1 is 0.818 bits per heavy atom. The van der Waals surface area contributed by atoms with Crippen molar-refractivity contribution in [1.29, 1.82) is 0 Å². The molecule has 0 saturated carbocycles. The van der Waals surface area contributed by atoms with Crippen molar-refractivity contribution >= 4 is 0 Å². The molecule has 2 aromatic rings. The lowest BCUT2D eigenvalue weighted by molar-refractivity contribution is -0.0748. The first-order chi connectivity index (χ1) is 10.9. The molecular weight excluding hydrogens is 270 g/mol. The zero-order valence-electron chi connectivity index (χ0n) is 14.5. The highest BCUT2D eigenvalue weighted by Crippen LogP contribution is 2.46. The molecular formula is C20H25NO. The first kappa shape index (κ1) is 14.0. The van der Waals surface area contributed by atoms with Crippen molar-refractivity contribution in [1.82, 2.24) is 4.90 Å². The minimum atomic E-state index is -1.46. The van der Waals surface area contributed by atoms with E-state index in [0.717, 1.165) is 11.1 Å². The number of hydrogen-bond acceptors (Lipinski definition) is 2. The number of nitrogens with zero attached hydrogens (tertiary/aromatic N) is 1. The number of rotatable bonds is 2. The Balaban J connectivity index is 2.07. The average molecular weight is 296 g/mol. The van der Waals surface area contributed by atoms with Gasteiger partial charge in [-0.1, -0.05) is 74.5 Å². The van der Waals surface area contributed by atoms with Crippen molar-refractivity contribution < 1.29 is 6.48 Å². The maximum atomic E-state index is 10.9. The van der Waals surface area contributed by atoms with Crippen LogP contribution in [0.15, 0.2) is 60.7 Å². The summed E-state index contributed by atoms with van der Waals surface area (Å²) in [5.74, 6) is -0.352. The molecule has 1 aliphatic rings. The molecule has 1 saturated heterocycles. The van der Waals surface area contributed by atoms with Crippen LogP contribution in [0.4, 0.5) is 0 Å². The van der Waals surface area contributed by atoms with E-state index < -0.39 is 6.08 Å². The molecule has 0 aliphatic carbocycles. The van der Waals surface area contributed by atoms with E-state index in [0.29, 0.717) is 0 Å². The highest BCUT2D eigenvalue weighted by Gasteiger charge is 2.44. The van der Waals surface area contributed by atoms with Crippen LogP contribution in [0, 0.1) is 11.8 Å². The first-order valence-corrected chi connectivity index (χ1v) is 7.98. The number of hydrogen-bond donors (Lipinski definition) is 1. The summed E-state index contributed by atoms with van der Waals surface area (Å²) in [7, 11) is 2.11. The molecule has 1 unspecified atom stereocenters. The molecule has 1 aliphatic heterocycles. The normalized spacial score (nSPS) is 36.8. The summed E-state index contributed by atoms with van der Waals surface area (Å²) in [5.41, 5.74) is 2.31. The van der Waals surface area contributed by atoms with Crippen LogP contribution in [0.1, 0.15) is 38.4 Å². The van der Waals surface area contributed by atoms with Gasteiger partial charge in [-0.15, -0.1) is 0 Å². The van der Waals surface area contributed by atoms with E-state index >= 15 is 0 Å². The van der Waals surface area contributed by atoms with Crippen molar-refractivity contribution in [2.45, 2.75) is 32.0 Å². The van der Waals surface area contributed by atoms with E-state index in [-0.39, 0.29) is 23.9 Å². The Labute approximate surface area is 134 Å². The van der Waals surface area contributed by atoms with E-state index in [2.05, 4.69) is 36.2 Å². The highest BCUT2D eigenvalue weighted by atomic mass is 16.3. The lowest BCUT2D eigenvalue weighted by atomic mass is 9.74. The van der Waals surface area contributed by atoms with Crippen LogP contribution in [-0.4, -0.2) is 23.1 Å². The predicted octanol–water partition coefficient (Wildman–Crippen LogP) is 4.05. The largest absolute Gasteiger partial charge is 0.392 e. The van der Waals surface area contributed by atoms with Gasteiger partial charge in [0.2, 0.25) is 0 Å². The van der Waals surface area contributed by atoms with E-state index in [1.54, 1.807) is 0 Å². The molecule has 116 valence electrons. The molecule has 2 aromatic carbocycles. The van der Waals surface area contributed by atoms with E-state index in [1.807, 2.05) is 50.2 Å². The molecule has 0 aromatic heterocycles. The molecule has 2 nitrogen and oxygen atoms in total. The highest BCUT2D eigenvalue weighted by molar-refractivity contribution is 5.26. The molecule has 2 heteroatoms. The van der Waals surface area contributed by atoms with Gasteiger partial charge in [0, 0.05) is 23.9 Å². The predicted molar refractivity (Wildman–Crippen MR) is 90.5 cm³/mol. The molecule has 0 bridgehead atoms. The SMILES string of the molecule is [2H]C1(O)[C@H](C)[C@@H](c2ccccc2)N(C)[C@@H](c2ccccc2)[C@@H]1C. The van der Waals surface area contributed by atoms with Crippen molar-refractivity contribution in [3.8, 4) is 0 Å². The van der Waals surface area contributed by atoms with Crippen LogP contribution in [-0.2, 0) is 0 Å². The molecule has 5 atom stereocenters.